The Morgan fingerprint density at radius 1 is 1.21 bits per heavy atom. The summed E-state index contributed by atoms with van der Waals surface area (Å²) in [5, 5.41) is 12.3. The maximum absolute atomic E-state index is 8.61. The lowest BCUT2D eigenvalue weighted by Crippen LogP contribution is -2.29. The zero-order chi connectivity index (χ0) is 16.5. The van der Waals surface area contributed by atoms with Crippen molar-refractivity contribution in [2.45, 2.75) is 18.4 Å². The first-order valence-corrected chi connectivity index (χ1v) is 8.88. The van der Waals surface area contributed by atoms with Crippen LogP contribution >= 0.6 is 15.9 Å². The predicted molar refractivity (Wildman–Crippen MR) is 98.0 cm³/mol. The van der Waals surface area contributed by atoms with Crippen molar-refractivity contribution in [3.63, 3.8) is 0 Å². The van der Waals surface area contributed by atoms with Gasteiger partial charge in [0.15, 0.2) is 6.61 Å². The van der Waals surface area contributed by atoms with Crippen LogP contribution in [0.5, 0.6) is 5.75 Å². The van der Waals surface area contributed by atoms with Crippen LogP contribution in [-0.4, -0.2) is 6.61 Å². The van der Waals surface area contributed by atoms with Gasteiger partial charge in [-0.05, 0) is 57.6 Å². The minimum atomic E-state index is 0.0793. The number of fused-ring (bicyclic) bond motifs is 3. The number of benzene rings is 2. The smallest absolute Gasteiger partial charge is 0.174 e. The van der Waals surface area contributed by atoms with Crippen molar-refractivity contribution >= 4 is 21.6 Å². The molecule has 0 unspecified atom stereocenters. The second-order valence-electron chi connectivity index (χ2n) is 6.20. The molecule has 1 heterocycles. The van der Waals surface area contributed by atoms with Gasteiger partial charge in [0.05, 0.1) is 11.7 Å². The number of hydrogen-bond acceptors (Lipinski definition) is 3. The summed E-state index contributed by atoms with van der Waals surface area (Å²) in [4.78, 5) is 0. The molecule has 0 bridgehead atoms. The highest BCUT2D eigenvalue weighted by Gasteiger charge is 2.38. The summed E-state index contributed by atoms with van der Waals surface area (Å²) in [6, 6.07) is 16.8. The zero-order valence-electron chi connectivity index (χ0n) is 13.1. The van der Waals surface area contributed by atoms with Crippen molar-refractivity contribution in [3.05, 3.63) is 70.2 Å². The SMILES string of the molecule is N#CCOc1ccc([C@@H]2Nc3c(Br)cccc3[C@@H]3C=CC[C@H]32)cc1. The van der Waals surface area contributed by atoms with Crippen LogP contribution in [0.25, 0.3) is 0 Å². The van der Waals surface area contributed by atoms with Gasteiger partial charge in [-0.3, -0.25) is 0 Å². The molecule has 24 heavy (non-hydrogen) atoms. The minimum Gasteiger partial charge on any atom is -0.479 e. The van der Waals surface area contributed by atoms with Crippen LogP contribution in [-0.2, 0) is 0 Å². The Balaban J connectivity index is 1.67. The minimum absolute atomic E-state index is 0.0793. The quantitative estimate of drug-likeness (QED) is 0.746. The first-order valence-electron chi connectivity index (χ1n) is 8.09. The molecule has 0 saturated heterocycles. The summed E-state index contributed by atoms with van der Waals surface area (Å²) in [5.74, 6) is 1.72. The van der Waals surface area contributed by atoms with Crippen molar-refractivity contribution in [1.29, 1.82) is 5.26 Å². The van der Waals surface area contributed by atoms with Gasteiger partial charge in [-0.25, -0.2) is 0 Å². The fourth-order valence-electron chi connectivity index (χ4n) is 3.80. The van der Waals surface area contributed by atoms with Crippen LogP contribution in [0.2, 0.25) is 0 Å². The molecule has 0 aromatic heterocycles. The topological polar surface area (TPSA) is 45.0 Å². The molecule has 0 spiro atoms. The molecule has 4 heteroatoms. The van der Waals surface area contributed by atoms with E-state index in [0.717, 1.165) is 16.6 Å². The Morgan fingerprint density at radius 2 is 2.04 bits per heavy atom. The average Bonchev–Trinajstić information content (AvgIpc) is 3.10. The number of halogens is 1. The number of nitrogens with one attached hydrogen (secondary N) is 1. The molecule has 0 saturated carbocycles. The molecule has 0 amide bonds. The molecule has 1 aliphatic heterocycles. The standard InChI is InChI=1S/C20H17BrN2O/c21-18-6-2-5-17-15-3-1-4-16(15)19(23-20(17)18)13-7-9-14(10-8-13)24-12-11-22/h1-3,5-10,15-16,19,23H,4,12H2/t15-,16-,19+/m1/s1. The molecule has 1 N–H and O–H groups in total. The number of nitriles is 1. The fraction of sp³-hybridized carbons (Fsp3) is 0.250. The highest BCUT2D eigenvalue weighted by molar-refractivity contribution is 9.10. The van der Waals surface area contributed by atoms with Crippen LogP contribution in [0, 0.1) is 17.2 Å². The molecule has 2 aromatic carbocycles. The third-order valence-corrected chi connectivity index (χ3v) is 5.55. The van der Waals surface area contributed by atoms with Gasteiger partial charge in [0.1, 0.15) is 11.8 Å². The Hall–Kier alpha value is -2.25. The molecule has 0 radical (unpaired) electrons. The molecular formula is C20H17BrN2O. The van der Waals surface area contributed by atoms with Crippen molar-refractivity contribution < 1.29 is 4.74 Å². The van der Waals surface area contributed by atoms with Crippen molar-refractivity contribution in [2.24, 2.45) is 5.92 Å². The van der Waals surface area contributed by atoms with Crippen LogP contribution in [0.4, 0.5) is 5.69 Å². The van der Waals surface area contributed by atoms with Gasteiger partial charge in [0.25, 0.3) is 0 Å². The van der Waals surface area contributed by atoms with Crippen LogP contribution in [0.3, 0.4) is 0 Å². The zero-order valence-corrected chi connectivity index (χ0v) is 14.7. The molecule has 2 aliphatic rings. The van der Waals surface area contributed by atoms with Crippen LogP contribution < -0.4 is 10.1 Å². The number of anilines is 1. The number of nitrogens with zero attached hydrogens (tertiary/aromatic N) is 1. The van der Waals surface area contributed by atoms with E-state index in [-0.39, 0.29) is 12.6 Å². The summed E-state index contributed by atoms with van der Waals surface area (Å²) in [6.45, 7) is 0.0793. The number of ether oxygens (including phenoxy) is 1. The van der Waals surface area contributed by atoms with E-state index in [1.165, 1.54) is 16.8 Å². The molecule has 120 valence electrons. The summed E-state index contributed by atoms with van der Waals surface area (Å²) >= 11 is 3.68. The first-order chi connectivity index (χ1) is 11.8. The maximum Gasteiger partial charge on any atom is 0.174 e. The summed E-state index contributed by atoms with van der Waals surface area (Å²) in [5.41, 5.74) is 3.81. The van der Waals surface area contributed by atoms with Crippen molar-refractivity contribution in [2.75, 3.05) is 11.9 Å². The Bertz CT molecular complexity index is 823. The lowest BCUT2D eigenvalue weighted by molar-refractivity contribution is 0.367. The molecule has 1 aliphatic carbocycles. The lowest BCUT2D eigenvalue weighted by Gasteiger charge is -2.38. The second-order valence-corrected chi connectivity index (χ2v) is 7.05. The van der Waals surface area contributed by atoms with Crippen molar-refractivity contribution in [3.8, 4) is 11.8 Å². The number of allylic oxidation sites excluding steroid dienone is 2. The highest BCUT2D eigenvalue weighted by Crippen LogP contribution is 2.51. The van der Waals surface area contributed by atoms with E-state index in [1.807, 2.05) is 18.2 Å². The molecule has 4 rings (SSSR count). The number of para-hydroxylation sites is 1. The number of hydrogen-bond donors (Lipinski definition) is 1. The van der Waals surface area contributed by atoms with E-state index >= 15 is 0 Å². The average molecular weight is 381 g/mol. The van der Waals surface area contributed by atoms with Gasteiger partial charge >= 0.3 is 0 Å². The largest absolute Gasteiger partial charge is 0.479 e. The van der Waals surface area contributed by atoms with Gasteiger partial charge in [0.2, 0.25) is 0 Å². The van der Waals surface area contributed by atoms with E-state index in [9.17, 15) is 0 Å². The van der Waals surface area contributed by atoms with E-state index in [2.05, 4.69) is 63.7 Å². The second kappa shape index (κ2) is 6.33. The Labute approximate surface area is 150 Å². The molecule has 2 aromatic rings. The predicted octanol–water partition coefficient (Wildman–Crippen LogP) is 5.18. The Morgan fingerprint density at radius 3 is 2.83 bits per heavy atom. The lowest BCUT2D eigenvalue weighted by atomic mass is 9.77. The summed E-state index contributed by atoms with van der Waals surface area (Å²) < 4.78 is 6.47. The van der Waals surface area contributed by atoms with Crippen LogP contribution in [0.15, 0.2) is 59.1 Å². The highest BCUT2D eigenvalue weighted by atomic mass is 79.9. The third-order valence-electron chi connectivity index (χ3n) is 4.89. The molecular weight excluding hydrogens is 364 g/mol. The Kier molecular flexibility index (Phi) is 4.03. The van der Waals surface area contributed by atoms with Gasteiger partial charge in [-0.2, -0.15) is 5.26 Å². The van der Waals surface area contributed by atoms with Gasteiger partial charge in [-0.15, -0.1) is 0 Å². The molecule has 3 atom stereocenters. The first kappa shape index (κ1) is 15.3. The van der Waals surface area contributed by atoms with E-state index in [1.54, 1.807) is 0 Å². The third kappa shape index (κ3) is 2.59. The fourth-order valence-corrected chi connectivity index (χ4v) is 4.30. The maximum atomic E-state index is 8.61. The summed E-state index contributed by atoms with van der Waals surface area (Å²) in [6.07, 6.45) is 5.72. The van der Waals surface area contributed by atoms with Gasteiger partial charge < -0.3 is 10.1 Å². The van der Waals surface area contributed by atoms with Gasteiger partial charge in [-0.1, -0.05) is 36.4 Å². The number of rotatable bonds is 3. The molecule has 0 fully saturated rings. The van der Waals surface area contributed by atoms with Crippen LogP contribution in [0.1, 0.15) is 29.5 Å². The summed E-state index contributed by atoms with van der Waals surface area (Å²) in [7, 11) is 0. The van der Waals surface area contributed by atoms with Crippen molar-refractivity contribution in [1.82, 2.24) is 0 Å². The normalized spacial score (nSPS) is 23.8. The van der Waals surface area contributed by atoms with E-state index in [0.29, 0.717) is 11.8 Å². The van der Waals surface area contributed by atoms with E-state index in [4.69, 9.17) is 10.00 Å². The monoisotopic (exact) mass is 380 g/mol. The van der Waals surface area contributed by atoms with E-state index < -0.39 is 0 Å². The van der Waals surface area contributed by atoms with Gasteiger partial charge in [0, 0.05) is 10.4 Å². The molecule has 3 nitrogen and oxygen atoms in total.